The van der Waals surface area contributed by atoms with E-state index in [0.29, 0.717) is 37.4 Å². The van der Waals surface area contributed by atoms with E-state index in [9.17, 15) is 14.4 Å². The van der Waals surface area contributed by atoms with Crippen LogP contribution in [-0.2, 0) is 11.2 Å². The molecule has 0 unspecified atom stereocenters. The van der Waals surface area contributed by atoms with Gasteiger partial charge in [-0.1, -0.05) is 44.2 Å². The van der Waals surface area contributed by atoms with Crippen LogP contribution in [-0.4, -0.2) is 77.8 Å². The molecule has 0 bridgehead atoms. The molecule has 3 amide bonds. The van der Waals surface area contributed by atoms with E-state index in [1.807, 2.05) is 51.2 Å². The summed E-state index contributed by atoms with van der Waals surface area (Å²) in [4.78, 5) is 47.4. The molecule has 1 saturated heterocycles. The lowest BCUT2D eigenvalue weighted by atomic mass is 9.99. The quantitative estimate of drug-likeness (QED) is 0.505. The summed E-state index contributed by atoms with van der Waals surface area (Å²) < 4.78 is 0. The maximum Gasteiger partial charge on any atom is 0.318 e. The summed E-state index contributed by atoms with van der Waals surface area (Å²) in [5, 5.41) is 7.98. The molecule has 1 aromatic carbocycles. The van der Waals surface area contributed by atoms with Crippen molar-refractivity contribution in [2.75, 3.05) is 33.2 Å². The fraction of sp³-hybridized carbons (Fsp3) is 0.520. The molecule has 9 heteroatoms. The van der Waals surface area contributed by atoms with Gasteiger partial charge in [-0.2, -0.15) is 0 Å². The highest BCUT2D eigenvalue weighted by molar-refractivity contribution is 7.11. The smallest absolute Gasteiger partial charge is 0.318 e. The number of hydrogen-bond donors (Lipinski definition) is 2. The van der Waals surface area contributed by atoms with Gasteiger partial charge in [-0.15, -0.1) is 11.3 Å². The zero-order chi connectivity index (χ0) is 24.5. The van der Waals surface area contributed by atoms with Crippen LogP contribution in [0.5, 0.6) is 0 Å². The summed E-state index contributed by atoms with van der Waals surface area (Å²) in [5.74, 6) is -0.340. The van der Waals surface area contributed by atoms with E-state index in [0.717, 1.165) is 18.7 Å². The first-order valence-electron chi connectivity index (χ1n) is 11.9. The number of amides is 3. The standard InChI is InChI=1S/C25H35N5O3S/c1-18(2)17-21(28-25(33)30-14-12-29(3)13-15-30)23(32)27-20(22(31)24-26-11-16-34-24)10-9-19-7-5-4-6-8-19/h4-8,11,16,18,20-21H,9-10,12-15,17H2,1-3H3,(H,27,32)(H,28,33)/t20-,21-/m0/s1. The molecule has 1 aliphatic rings. The summed E-state index contributed by atoms with van der Waals surface area (Å²) in [6.45, 7) is 6.88. The lowest BCUT2D eigenvalue weighted by molar-refractivity contribution is -0.123. The molecule has 184 valence electrons. The number of carbonyl (C=O) groups is 3. The minimum absolute atomic E-state index is 0.195. The van der Waals surface area contributed by atoms with Gasteiger partial charge in [0, 0.05) is 37.8 Å². The molecule has 1 aliphatic heterocycles. The molecule has 2 aromatic rings. The first-order chi connectivity index (χ1) is 16.3. The maximum absolute atomic E-state index is 13.3. The van der Waals surface area contributed by atoms with Gasteiger partial charge in [-0.3, -0.25) is 9.59 Å². The van der Waals surface area contributed by atoms with Crippen LogP contribution in [0.4, 0.5) is 4.79 Å². The Kier molecular flexibility index (Phi) is 9.59. The van der Waals surface area contributed by atoms with Gasteiger partial charge in [0.25, 0.3) is 0 Å². The van der Waals surface area contributed by atoms with E-state index in [1.165, 1.54) is 11.3 Å². The number of hydrogen-bond acceptors (Lipinski definition) is 6. The monoisotopic (exact) mass is 485 g/mol. The molecule has 0 radical (unpaired) electrons. The molecular formula is C25H35N5O3S. The van der Waals surface area contributed by atoms with Crippen molar-refractivity contribution in [3.8, 4) is 0 Å². The summed E-state index contributed by atoms with van der Waals surface area (Å²) in [7, 11) is 2.03. The van der Waals surface area contributed by atoms with Crippen molar-refractivity contribution in [1.29, 1.82) is 0 Å². The molecule has 2 heterocycles. The highest BCUT2D eigenvalue weighted by atomic mass is 32.1. The SMILES string of the molecule is CC(C)C[C@H](NC(=O)N1CCN(C)CC1)C(=O)N[C@@H](CCc1ccccc1)C(=O)c1nccs1. The van der Waals surface area contributed by atoms with Gasteiger partial charge in [0.05, 0.1) is 6.04 Å². The highest BCUT2D eigenvalue weighted by Gasteiger charge is 2.30. The van der Waals surface area contributed by atoms with E-state index < -0.39 is 12.1 Å². The molecule has 2 atom stereocenters. The summed E-state index contributed by atoms with van der Waals surface area (Å²) >= 11 is 1.26. The van der Waals surface area contributed by atoms with Crippen molar-refractivity contribution in [2.24, 2.45) is 5.92 Å². The van der Waals surface area contributed by atoms with Crippen molar-refractivity contribution in [3.05, 3.63) is 52.5 Å². The molecular weight excluding hydrogens is 450 g/mol. The minimum atomic E-state index is -0.714. The van der Waals surface area contributed by atoms with Gasteiger partial charge in [-0.25, -0.2) is 9.78 Å². The van der Waals surface area contributed by atoms with Crippen molar-refractivity contribution in [1.82, 2.24) is 25.4 Å². The number of ketones is 1. The highest BCUT2D eigenvalue weighted by Crippen LogP contribution is 2.14. The number of nitrogens with one attached hydrogen (secondary N) is 2. The van der Waals surface area contributed by atoms with Gasteiger partial charge in [-0.05, 0) is 37.8 Å². The second-order valence-electron chi connectivity index (χ2n) is 9.21. The van der Waals surface area contributed by atoms with Gasteiger partial charge in [0.2, 0.25) is 11.7 Å². The van der Waals surface area contributed by atoms with Gasteiger partial charge in [0.1, 0.15) is 6.04 Å². The minimum Gasteiger partial charge on any atom is -0.344 e. The largest absolute Gasteiger partial charge is 0.344 e. The zero-order valence-electron chi connectivity index (χ0n) is 20.2. The van der Waals surface area contributed by atoms with E-state index in [4.69, 9.17) is 0 Å². The Balaban J connectivity index is 1.69. The Morgan fingerprint density at radius 2 is 1.74 bits per heavy atom. The predicted octanol–water partition coefficient (Wildman–Crippen LogP) is 2.82. The Labute approximate surface area is 205 Å². The summed E-state index contributed by atoms with van der Waals surface area (Å²) in [6.07, 6.45) is 3.17. The van der Waals surface area contributed by atoms with Crippen molar-refractivity contribution in [3.63, 3.8) is 0 Å². The van der Waals surface area contributed by atoms with Gasteiger partial charge < -0.3 is 20.4 Å². The van der Waals surface area contributed by atoms with Crippen LogP contribution in [0.3, 0.4) is 0 Å². The zero-order valence-corrected chi connectivity index (χ0v) is 21.0. The lowest BCUT2D eigenvalue weighted by Gasteiger charge is -2.33. The first-order valence-corrected chi connectivity index (χ1v) is 12.7. The number of carbonyl (C=O) groups excluding carboxylic acids is 3. The molecule has 8 nitrogen and oxygen atoms in total. The Morgan fingerprint density at radius 3 is 2.35 bits per heavy atom. The molecule has 0 spiro atoms. The summed E-state index contributed by atoms with van der Waals surface area (Å²) in [5.41, 5.74) is 1.09. The fourth-order valence-corrected chi connectivity index (χ4v) is 4.57. The van der Waals surface area contributed by atoms with Crippen LogP contribution in [0.25, 0.3) is 0 Å². The molecule has 0 saturated carbocycles. The van der Waals surface area contributed by atoms with Crippen LogP contribution < -0.4 is 10.6 Å². The third kappa shape index (κ3) is 7.63. The number of Topliss-reactive ketones (excluding diaryl/α,β-unsaturated/α-hetero) is 1. The third-order valence-corrected chi connectivity index (χ3v) is 6.74. The van der Waals surface area contributed by atoms with Crippen molar-refractivity contribution in [2.45, 2.75) is 45.2 Å². The average Bonchev–Trinajstić information content (AvgIpc) is 3.36. The number of urea groups is 1. The topological polar surface area (TPSA) is 94.6 Å². The van der Waals surface area contributed by atoms with E-state index in [2.05, 4.69) is 20.5 Å². The van der Waals surface area contributed by atoms with Crippen molar-refractivity contribution >= 4 is 29.1 Å². The van der Waals surface area contributed by atoms with Crippen LogP contribution in [0.1, 0.15) is 42.1 Å². The van der Waals surface area contributed by atoms with Crippen molar-refractivity contribution < 1.29 is 14.4 Å². The van der Waals surface area contributed by atoms with E-state index in [-0.39, 0.29) is 23.6 Å². The molecule has 1 fully saturated rings. The maximum atomic E-state index is 13.3. The van der Waals surface area contributed by atoms with Crippen LogP contribution in [0.2, 0.25) is 0 Å². The van der Waals surface area contributed by atoms with E-state index in [1.54, 1.807) is 16.5 Å². The molecule has 3 rings (SSSR count). The number of aryl methyl sites for hydroxylation is 1. The number of likely N-dealkylation sites (N-methyl/N-ethyl adjacent to an activating group) is 1. The first kappa shape index (κ1) is 25.8. The van der Waals surface area contributed by atoms with Gasteiger partial charge in [0.15, 0.2) is 5.01 Å². The van der Waals surface area contributed by atoms with E-state index >= 15 is 0 Å². The van der Waals surface area contributed by atoms with Crippen LogP contribution in [0, 0.1) is 5.92 Å². The second-order valence-corrected chi connectivity index (χ2v) is 10.1. The number of piperazine rings is 1. The summed E-state index contributed by atoms with van der Waals surface area (Å²) in [6, 6.07) is 8.21. The molecule has 1 aromatic heterocycles. The van der Waals surface area contributed by atoms with Crippen LogP contribution in [0.15, 0.2) is 41.9 Å². The average molecular weight is 486 g/mol. The number of rotatable bonds is 10. The normalized spacial score (nSPS) is 16.2. The Morgan fingerprint density at radius 1 is 1.03 bits per heavy atom. The number of aromatic nitrogens is 1. The molecule has 0 aliphatic carbocycles. The third-order valence-electron chi connectivity index (χ3n) is 5.95. The molecule has 2 N–H and O–H groups in total. The fourth-order valence-electron chi connectivity index (χ4n) is 3.94. The van der Waals surface area contributed by atoms with Gasteiger partial charge >= 0.3 is 6.03 Å². The Hall–Kier alpha value is -2.78. The number of nitrogens with zero attached hydrogens (tertiary/aromatic N) is 3. The second kappa shape index (κ2) is 12.6. The lowest BCUT2D eigenvalue weighted by Crippen LogP contribution is -2.57. The molecule has 34 heavy (non-hydrogen) atoms. The Bertz CT molecular complexity index is 927. The predicted molar refractivity (Wildman–Crippen MR) is 134 cm³/mol. The number of benzene rings is 1. The number of thiazole rings is 1. The van der Waals surface area contributed by atoms with Crippen LogP contribution >= 0.6 is 11.3 Å².